The average molecular weight is 1190 g/mol. The zero-order chi connectivity index (χ0) is 62.5. The van der Waals surface area contributed by atoms with Crippen LogP contribution in [0.3, 0.4) is 0 Å². The minimum Gasteiger partial charge on any atom is -0.702 e. The van der Waals surface area contributed by atoms with Gasteiger partial charge in [0.1, 0.15) is 7.69 Å². The van der Waals surface area contributed by atoms with Gasteiger partial charge in [0, 0.05) is 63.2 Å². The Balaban J connectivity index is 0.000000671. The molecule has 27 heteroatoms. The number of unbranched alkanes of at least 4 members (excludes halogenated alkanes) is 4. The third-order valence-corrected chi connectivity index (χ3v) is 11.8. The van der Waals surface area contributed by atoms with Gasteiger partial charge in [-0.15, -0.1) is 0 Å². The molecule has 0 aliphatic carbocycles. The number of hydrogen-bond acceptors (Lipinski definition) is 14. The maximum absolute atomic E-state index is 13.2. The van der Waals surface area contributed by atoms with Crippen molar-refractivity contribution in [3.05, 3.63) is 130 Å². The summed E-state index contributed by atoms with van der Waals surface area (Å²) in [6.45, 7) is 8.31. The van der Waals surface area contributed by atoms with Crippen LogP contribution in [0.1, 0.15) is 119 Å². The van der Waals surface area contributed by atoms with Gasteiger partial charge < -0.3 is 51.4 Å². The van der Waals surface area contributed by atoms with Crippen LogP contribution in [0.5, 0.6) is 0 Å². The van der Waals surface area contributed by atoms with Crippen molar-refractivity contribution in [3.63, 3.8) is 0 Å². The van der Waals surface area contributed by atoms with Crippen molar-refractivity contribution in [1.29, 1.82) is 0 Å². The Morgan fingerprint density at radius 2 is 0.976 bits per heavy atom. The molecule has 84 heavy (non-hydrogen) atoms. The molecule has 19 nitrogen and oxygen atoms in total. The normalized spacial score (nSPS) is 14.8. The van der Waals surface area contributed by atoms with Gasteiger partial charge in [0.05, 0.1) is 45.8 Å². The van der Waals surface area contributed by atoms with Crippen molar-refractivity contribution >= 4 is 72.0 Å². The monoisotopic (exact) mass is 1190 g/mol. The van der Waals surface area contributed by atoms with Gasteiger partial charge in [0.25, 0.3) is 29.7 Å². The van der Waals surface area contributed by atoms with Gasteiger partial charge in [-0.05, 0) is 63.3 Å². The Kier molecular flexibility index (Phi) is 34.0. The van der Waals surface area contributed by atoms with Crippen LogP contribution in [0.25, 0.3) is 0 Å². The van der Waals surface area contributed by atoms with E-state index < -0.39 is 71.5 Å². The summed E-state index contributed by atoms with van der Waals surface area (Å²) in [5.41, 5.74) is 7.68. The van der Waals surface area contributed by atoms with Crippen molar-refractivity contribution in [2.45, 2.75) is 111 Å². The van der Waals surface area contributed by atoms with Gasteiger partial charge in [-0.1, -0.05) is 113 Å². The molecule has 0 bridgehead atoms. The van der Waals surface area contributed by atoms with Gasteiger partial charge in [-0.2, -0.15) is 26.3 Å². The minimum absolute atomic E-state index is 0. The van der Waals surface area contributed by atoms with E-state index in [1.807, 2.05) is 19.0 Å². The number of halogens is 6. The number of aliphatic carboxylic acids is 1. The molecule has 2 heterocycles. The molecule has 2 unspecified atom stereocenters. The van der Waals surface area contributed by atoms with E-state index >= 15 is 0 Å². The number of rotatable bonds is 19. The number of carbonyl (C=O) groups excluding carboxylic acids is 6. The second kappa shape index (κ2) is 38.1. The predicted octanol–water partition coefficient (Wildman–Crippen LogP) is 5.14. The second-order valence-corrected chi connectivity index (χ2v) is 18.7. The summed E-state index contributed by atoms with van der Waals surface area (Å²) in [6.07, 6.45) is -4.37. The molecule has 4 atom stereocenters. The number of anilines is 2. The molecule has 4 aromatic carbocycles. The first-order valence-electron chi connectivity index (χ1n) is 26.3. The fraction of sp³-hybridized carbons (Fsp3) is 0.421. The van der Waals surface area contributed by atoms with E-state index in [0.717, 1.165) is 76.8 Å². The molecular formula is C57H72BF6N8NaO11. The predicted molar refractivity (Wildman–Crippen MR) is 302 cm³/mol. The van der Waals surface area contributed by atoms with Gasteiger partial charge in [-0.25, -0.2) is 9.98 Å². The van der Waals surface area contributed by atoms with Crippen LogP contribution in [0.2, 0.25) is 0 Å². The molecule has 0 saturated heterocycles. The minimum atomic E-state index is -4.47. The number of benzodiazepines with no additional fused rings is 2. The van der Waals surface area contributed by atoms with E-state index in [-0.39, 0.29) is 53.8 Å². The van der Waals surface area contributed by atoms with Crippen molar-refractivity contribution < 1.29 is 109 Å². The molecule has 2 aliphatic rings. The van der Waals surface area contributed by atoms with Crippen LogP contribution < -0.4 is 56.6 Å². The van der Waals surface area contributed by atoms with Gasteiger partial charge in [-0.3, -0.25) is 33.6 Å². The second-order valence-electron chi connectivity index (χ2n) is 18.7. The van der Waals surface area contributed by atoms with Crippen molar-refractivity contribution in [3.8, 4) is 0 Å². The van der Waals surface area contributed by atoms with Crippen LogP contribution in [-0.4, -0.2) is 122 Å². The number of aliphatic imine (C=N–C) groups is 2. The summed E-state index contributed by atoms with van der Waals surface area (Å²) in [7, 11) is 5.47. The van der Waals surface area contributed by atoms with Gasteiger partial charge in [0.2, 0.25) is 24.1 Å². The van der Waals surface area contributed by atoms with Crippen LogP contribution in [0.15, 0.2) is 107 Å². The number of carboxylic acid groups (broad SMARTS) is 1. The number of aliphatic hydroxyl groups excluding tert-OH is 1. The first-order chi connectivity index (χ1) is 39.2. The molecule has 6 rings (SSSR count). The van der Waals surface area contributed by atoms with Crippen molar-refractivity contribution in [2.75, 3.05) is 44.9 Å². The molecule has 0 aromatic heterocycles. The molecule has 4 amide bonds. The quantitative estimate of drug-likeness (QED) is 0.0365. The van der Waals surface area contributed by atoms with Gasteiger partial charge >= 0.3 is 41.9 Å². The maximum Gasteiger partial charge on any atom is 1.00 e. The number of aliphatic hydroxyl groups is 1. The van der Waals surface area contributed by atoms with E-state index in [4.69, 9.17) is 20.7 Å². The summed E-state index contributed by atoms with van der Waals surface area (Å²) >= 11 is 0. The number of nitrogens with two attached hydrogens (primary N) is 1. The van der Waals surface area contributed by atoms with Crippen molar-refractivity contribution in [1.82, 2.24) is 15.5 Å². The third kappa shape index (κ3) is 26.3. The number of carboxylic acids is 1. The first-order valence-corrected chi connectivity index (χ1v) is 26.3. The molecule has 0 spiro atoms. The van der Waals surface area contributed by atoms with Crippen LogP contribution in [0.4, 0.5) is 37.7 Å². The summed E-state index contributed by atoms with van der Waals surface area (Å²) in [4.78, 5) is 91.7. The van der Waals surface area contributed by atoms with Crippen molar-refractivity contribution in [2.24, 2.45) is 27.6 Å². The number of amides is 4. The summed E-state index contributed by atoms with van der Waals surface area (Å²) in [5, 5.41) is 25.4. The molecular weight excluding hydrogens is 1120 g/mol. The zero-order valence-corrected chi connectivity index (χ0v) is 50.5. The first kappa shape index (κ1) is 75.0. The van der Waals surface area contributed by atoms with E-state index in [2.05, 4.69) is 54.4 Å². The number of nitrogens with one attached hydrogen (secondary N) is 4. The van der Waals surface area contributed by atoms with E-state index in [1.165, 1.54) is 38.1 Å². The molecule has 0 saturated carbocycles. The molecule has 8 N–H and O–H groups in total. The Hall–Kier alpha value is -6.97. The number of carbonyl (C=O) groups is 7. The van der Waals surface area contributed by atoms with Gasteiger partial charge in [0.15, 0.2) is 0 Å². The van der Waals surface area contributed by atoms with Crippen LogP contribution in [0, 0.1) is 11.8 Å². The molecule has 4 aromatic rings. The fourth-order valence-corrected chi connectivity index (χ4v) is 7.85. The number of fused-ring (bicyclic) bond motifs is 2. The fourth-order valence-electron chi connectivity index (χ4n) is 7.85. The average Bonchev–Trinajstić information content (AvgIpc) is 3.72. The topological polar surface area (TPSA) is 281 Å². The summed E-state index contributed by atoms with van der Waals surface area (Å²) in [6, 6.07) is 22.9. The molecule has 0 fully saturated rings. The number of para-hydroxylation sites is 2. The SMILES string of the molecule is CC(=O)O.CC(=O)O[B-]OC(C)=O.CCCCC[C@@H](CN(C)C)C(=O)NC1N=C(c2ccc(C(F)(F)F)cc2)c2ccccc2NC1=O.CCCCC[C@@H](CN)C(=O)NC1N=C(c2ccc(C(F)(F)F)cc2)c2ccccc2NC1=O.CO.[Na+]. The number of nitrogens with zero attached hydrogens (tertiary/aromatic N) is 3. The van der Waals surface area contributed by atoms with E-state index in [9.17, 15) is 55.1 Å². The maximum atomic E-state index is 13.2. The standard InChI is InChI=1S/C26H31F3N4O2.C24H27F3N4O2.C4H6BO4.C2H4O2.CH4O.Na/c1-4-5-6-9-18(16-33(2)3)24(34)32-23-25(35)30-21-11-8-7-10-20(21)22(31-23)17-12-14-19(15-13-17)26(27,28)29;1-2-3-4-7-16(14-28)22(32)31-21-23(33)29-19-9-6-5-8-18(19)20(30-21)15-10-12-17(13-11-15)24(25,26)27;1-3(6)8-5-9-4(2)7;1-2(3)4;1-2;/h7-8,10-15,18,23H,4-6,9,16H2,1-3H3,(H,30,35)(H,32,34);5-6,8-13,16,21H,2-4,7,14,28H2,1H3,(H,29,33)(H,31,32);1-2H3;1H3,(H,3,4);2H,1H3;/q;;-1;;;+1/t18-,23?;16-,21?;;;;/m00..../s1. The number of benzene rings is 4. The van der Waals surface area contributed by atoms with Crippen LogP contribution in [-0.2, 0) is 55.2 Å². The zero-order valence-electron chi connectivity index (χ0n) is 48.5. The summed E-state index contributed by atoms with van der Waals surface area (Å²) in [5.74, 6) is -4.36. The van der Waals surface area contributed by atoms with Crippen LogP contribution >= 0.6 is 0 Å². The molecule has 2 aliphatic heterocycles. The third-order valence-electron chi connectivity index (χ3n) is 11.8. The number of alkyl halides is 6. The number of hydrogen-bond donors (Lipinski definition) is 7. The Morgan fingerprint density at radius 3 is 1.30 bits per heavy atom. The van der Waals surface area contributed by atoms with E-state index in [0.29, 0.717) is 72.1 Å². The Bertz CT molecular complexity index is 2810. The molecule has 2 radical (unpaired) electrons. The van der Waals surface area contributed by atoms with E-state index in [1.54, 1.807) is 48.5 Å². The largest absolute Gasteiger partial charge is 1.00 e. The Labute approximate surface area is 507 Å². The summed E-state index contributed by atoms with van der Waals surface area (Å²) < 4.78 is 86.5. The smallest absolute Gasteiger partial charge is 0.702 e. The Morgan fingerprint density at radius 1 is 0.631 bits per heavy atom. The molecule has 452 valence electrons.